The van der Waals surface area contributed by atoms with E-state index in [0.29, 0.717) is 17.5 Å². The van der Waals surface area contributed by atoms with Crippen molar-refractivity contribution in [2.45, 2.75) is 26.4 Å². The molecule has 0 saturated heterocycles. The summed E-state index contributed by atoms with van der Waals surface area (Å²) in [6, 6.07) is 20.6. The molecule has 0 aliphatic rings. The van der Waals surface area contributed by atoms with Crippen LogP contribution in [-0.2, 0) is 26.3 Å². The lowest BCUT2D eigenvalue weighted by Gasteiger charge is -2.16. The lowest BCUT2D eigenvalue weighted by molar-refractivity contribution is -0.117. The van der Waals surface area contributed by atoms with Gasteiger partial charge in [-0.15, -0.1) is 0 Å². The number of hydrogen-bond donors (Lipinski definition) is 3. The lowest BCUT2D eigenvalue weighted by Crippen LogP contribution is -2.27. The fraction of sp³-hybridized carbons (Fsp3) is 0.207. The topological polar surface area (TPSA) is 149 Å². The van der Waals surface area contributed by atoms with E-state index in [4.69, 9.17) is 15.0 Å². The maximum atomic E-state index is 12.9. The Hall–Kier alpha value is -4.12. The number of anilines is 1. The van der Waals surface area contributed by atoms with Crippen LogP contribution >= 0.6 is 0 Å². The van der Waals surface area contributed by atoms with Crippen molar-refractivity contribution in [3.63, 3.8) is 0 Å². The van der Waals surface area contributed by atoms with E-state index in [1.54, 1.807) is 18.5 Å². The number of hydrogen-bond acceptors (Lipinski definition) is 7. The summed E-state index contributed by atoms with van der Waals surface area (Å²) in [4.78, 5) is 29.4. The summed E-state index contributed by atoms with van der Waals surface area (Å²) in [5, 5.41) is 4.96. The molecule has 0 saturated carbocycles. The maximum absolute atomic E-state index is 12.9. The Labute approximate surface area is 227 Å². The molecule has 0 aliphatic carbocycles. The minimum absolute atomic E-state index is 0.151. The first-order valence-corrected chi connectivity index (χ1v) is 13.9. The van der Waals surface area contributed by atoms with E-state index >= 15 is 0 Å². The molecule has 0 spiro atoms. The van der Waals surface area contributed by atoms with Crippen molar-refractivity contribution in [1.82, 2.24) is 4.98 Å². The highest BCUT2D eigenvalue weighted by atomic mass is 32.2. The molecule has 9 nitrogen and oxygen atoms in total. The normalized spacial score (nSPS) is 11.7. The second-order valence-electron chi connectivity index (χ2n) is 9.08. The molecule has 4 aromatic rings. The van der Waals surface area contributed by atoms with E-state index in [-0.39, 0.29) is 25.0 Å². The highest BCUT2D eigenvalue weighted by Gasteiger charge is 2.19. The van der Waals surface area contributed by atoms with Gasteiger partial charge in [-0.2, -0.15) is 8.42 Å². The summed E-state index contributed by atoms with van der Waals surface area (Å²) in [5.74, 6) is -1.03. The average Bonchev–Trinajstić information content (AvgIpc) is 2.87. The van der Waals surface area contributed by atoms with Gasteiger partial charge in [0, 0.05) is 30.0 Å². The van der Waals surface area contributed by atoms with E-state index in [2.05, 4.69) is 10.3 Å². The molecule has 1 aromatic heterocycles. The molecular formula is C29H31N3O6S. The number of esters is 1. The minimum Gasteiger partial charge on any atom is -0.457 e. The number of carbonyl (C=O) groups excluding carboxylic acids is 2. The Morgan fingerprint density at radius 3 is 2.33 bits per heavy atom. The Balaban J connectivity index is 0.000000771. The SMILES string of the molecule is CS(=O)(=O)O.Cc1ccc(C(=O)OCc2ccc([C@H](CN)C(=O)Nc3ccc4cnccc4c3)cc2)c(C)c1. The second kappa shape index (κ2) is 13.1. The number of fused-ring (bicyclic) bond motifs is 1. The van der Waals surface area contributed by atoms with Crippen LogP contribution in [0.15, 0.2) is 79.1 Å². The quantitative estimate of drug-likeness (QED) is 0.227. The van der Waals surface area contributed by atoms with Crippen LogP contribution in [0.25, 0.3) is 10.8 Å². The standard InChI is InChI=1S/C28H27N3O3.CH4O3S/c1-18-3-10-25(19(2)13-18)28(33)34-17-20-4-6-21(7-5-20)26(15-29)27(32)31-24-9-8-23-16-30-12-11-22(23)14-24;1-5(2,3)4/h3-14,16,26H,15,17,29H2,1-2H3,(H,31,32);1H3,(H,2,3,4)/t26-;/m0./s1. The monoisotopic (exact) mass is 549 g/mol. The van der Waals surface area contributed by atoms with Gasteiger partial charge in [-0.3, -0.25) is 14.3 Å². The van der Waals surface area contributed by atoms with Crippen LogP contribution in [0.5, 0.6) is 0 Å². The number of nitrogens with zero attached hydrogens (tertiary/aromatic N) is 1. The molecule has 4 N–H and O–H groups in total. The molecule has 0 unspecified atom stereocenters. The second-order valence-corrected chi connectivity index (χ2v) is 10.6. The van der Waals surface area contributed by atoms with E-state index in [9.17, 15) is 18.0 Å². The molecule has 0 bridgehead atoms. The molecule has 4 rings (SSSR count). The Morgan fingerprint density at radius 1 is 1.00 bits per heavy atom. The number of benzene rings is 3. The van der Waals surface area contributed by atoms with Crippen molar-refractivity contribution in [2.75, 3.05) is 18.1 Å². The molecule has 3 aromatic carbocycles. The first kappa shape index (κ1) is 29.4. The number of rotatable bonds is 7. The average molecular weight is 550 g/mol. The summed E-state index contributed by atoms with van der Waals surface area (Å²) in [7, 11) is -3.67. The third kappa shape index (κ3) is 8.99. The van der Waals surface area contributed by atoms with E-state index < -0.39 is 16.0 Å². The first-order valence-electron chi connectivity index (χ1n) is 12.0. The first-order chi connectivity index (χ1) is 18.4. The predicted molar refractivity (Wildman–Crippen MR) is 151 cm³/mol. The van der Waals surface area contributed by atoms with Gasteiger partial charge in [0.2, 0.25) is 5.91 Å². The molecule has 1 atom stereocenters. The largest absolute Gasteiger partial charge is 0.457 e. The number of pyridine rings is 1. The van der Waals surface area contributed by atoms with Gasteiger partial charge in [0.05, 0.1) is 17.7 Å². The molecule has 0 radical (unpaired) electrons. The van der Waals surface area contributed by atoms with Crippen LogP contribution in [0.4, 0.5) is 5.69 Å². The number of aromatic nitrogens is 1. The number of nitrogens with one attached hydrogen (secondary N) is 1. The Morgan fingerprint density at radius 2 is 1.69 bits per heavy atom. The molecule has 1 heterocycles. The van der Waals surface area contributed by atoms with Crippen LogP contribution in [0.2, 0.25) is 0 Å². The van der Waals surface area contributed by atoms with Gasteiger partial charge in [0.1, 0.15) is 6.61 Å². The van der Waals surface area contributed by atoms with Crippen LogP contribution in [-0.4, -0.2) is 42.6 Å². The van der Waals surface area contributed by atoms with Crippen LogP contribution < -0.4 is 11.1 Å². The molecular weight excluding hydrogens is 518 g/mol. The van der Waals surface area contributed by atoms with Crippen LogP contribution in [0.3, 0.4) is 0 Å². The summed E-state index contributed by atoms with van der Waals surface area (Å²) in [5.41, 5.74) is 10.8. The third-order valence-corrected chi connectivity index (χ3v) is 5.81. The van der Waals surface area contributed by atoms with Crippen molar-refractivity contribution in [3.05, 3.63) is 107 Å². The van der Waals surface area contributed by atoms with Gasteiger partial charge in [0.25, 0.3) is 10.1 Å². The molecule has 39 heavy (non-hydrogen) atoms. The Bertz CT molecular complexity index is 1560. The number of carbonyl (C=O) groups is 2. The van der Waals surface area contributed by atoms with Gasteiger partial charge in [-0.05, 0) is 60.2 Å². The van der Waals surface area contributed by atoms with E-state index in [1.165, 1.54) is 0 Å². The zero-order valence-corrected chi connectivity index (χ0v) is 22.7. The zero-order chi connectivity index (χ0) is 28.6. The highest BCUT2D eigenvalue weighted by Crippen LogP contribution is 2.22. The smallest absolute Gasteiger partial charge is 0.338 e. The van der Waals surface area contributed by atoms with Gasteiger partial charge >= 0.3 is 5.97 Å². The fourth-order valence-corrected chi connectivity index (χ4v) is 3.90. The minimum atomic E-state index is -3.67. The van der Waals surface area contributed by atoms with Crippen molar-refractivity contribution in [2.24, 2.45) is 5.73 Å². The van der Waals surface area contributed by atoms with Gasteiger partial charge in [0.15, 0.2) is 0 Å². The summed E-state index contributed by atoms with van der Waals surface area (Å²) in [6.07, 6.45) is 4.22. The lowest BCUT2D eigenvalue weighted by atomic mass is 9.97. The summed E-state index contributed by atoms with van der Waals surface area (Å²) >= 11 is 0. The number of amides is 1. The molecule has 1 amide bonds. The summed E-state index contributed by atoms with van der Waals surface area (Å²) in [6.45, 7) is 4.20. The molecule has 204 valence electrons. The van der Waals surface area contributed by atoms with E-state index in [0.717, 1.165) is 33.0 Å². The van der Waals surface area contributed by atoms with Crippen LogP contribution in [0.1, 0.15) is 38.5 Å². The van der Waals surface area contributed by atoms with Gasteiger partial charge < -0.3 is 15.8 Å². The van der Waals surface area contributed by atoms with E-state index in [1.807, 2.05) is 74.5 Å². The van der Waals surface area contributed by atoms with Crippen LogP contribution in [0, 0.1) is 13.8 Å². The number of aryl methyl sites for hydroxylation is 2. The predicted octanol–water partition coefficient (Wildman–Crippen LogP) is 4.39. The number of nitrogens with two attached hydrogens (primary N) is 1. The van der Waals surface area contributed by atoms with Crippen molar-refractivity contribution in [1.29, 1.82) is 0 Å². The zero-order valence-electron chi connectivity index (χ0n) is 21.9. The van der Waals surface area contributed by atoms with Crippen molar-refractivity contribution < 1.29 is 27.3 Å². The molecule has 0 aliphatic heterocycles. The van der Waals surface area contributed by atoms with Gasteiger partial charge in [-0.1, -0.05) is 48.0 Å². The van der Waals surface area contributed by atoms with Crippen molar-refractivity contribution >= 4 is 38.5 Å². The summed E-state index contributed by atoms with van der Waals surface area (Å²) < 4.78 is 31.3. The molecule has 0 fully saturated rings. The Kier molecular flexibility index (Phi) is 9.89. The maximum Gasteiger partial charge on any atom is 0.338 e. The van der Waals surface area contributed by atoms with Crippen molar-refractivity contribution in [3.8, 4) is 0 Å². The molecule has 10 heteroatoms. The fourth-order valence-electron chi connectivity index (χ4n) is 3.90. The third-order valence-electron chi connectivity index (χ3n) is 5.81. The number of ether oxygens (including phenoxy) is 1. The van der Waals surface area contributed by atoms with Gasteiger partial charge in [-0.25, -0.2) is 4.79 Å². The highest BCUT2D eigenvalue weighted by molar-refractivity contribution is 7.85.